The van der Waals surface area contributed by atoms with Crippen molar-refractivity contribution in [1.82, 2.24) is 9.97 Å². The third-order valence-corrected chi connectivity index (χ3v) is 5.15. The van der Waals surface area contributed by atoms with Crippen molar-refractivity contribution in [3.63, 3.8) is 0 Å². The van der Waals surface area contributed by atoms with Gasteiger partial charge in [0.25, 0.3) is 0 Å². The summed E-state index contributed by atoms with van der Waals surface area (Å²) in [5.74, 6) is -0.590. The summed E-state index contributed by atoms with van der Waals surface area (Å²) >= 11 is 0. The van der Waals surface area contributed by atoms with Crippen molar-refractivity contribution in [1.29, 1.82) is 0 Å². The molecular formula is C23H20F6N4O2. The van der Waals surface area contributed by atoms with E-state index in [-0.39, 0.29) is 29.2 Å². The van der Waals surface area contributed by atoms with Crippen LogP contribution in [0.15, 0.2) is 54.6 Å². The molecule has 6 nitrogen and oxygen atoms in total. The van der Waals surface area contributed by atoms with Gasteiger partial charge in [0.05, 0.1) is 11.4 Å². The molecule has 1 saturated carbocycles. The van der Waals surface area contributed by atoms with Gasteiger partial charge >= 0.3 is 12.7 Å². The second-order valence-electron chi connectivity index (χ2n) is 7.83. The molecule has 0 radical (unpaired) electrons. The van der Waals surface area contributed by atoms with Crippen LogP contribution >= 0.6 is 0 Å². The number of alkyl halides is 6. The lowest BCUT2D eigenvalue weighted by Gasteiger charge is -2.17. The first kappa shape index (κ1) is 24.4. The molecule has 0 spiro atoms. The summed E-state index contributed by atoms with van der Waals surface area (Å²) in [5.41, 5.74) is 0.534. The molecule has 0 amide bonds. The highest BCUT2D eigenvalue weighted by atomic mass is 19.4. The van der Waals surface area contributed by atoms with E-state index in [4.69, 9.17) is 0 Å². The van der Waals surface area contributed by atoms with E-state index in [1.165, 1.54) is 42.5 Å². The van der Waals surface area contributed by atoms with Crippen molar-refractivity contribution < 1.29 is 35.8 Å². The van der Waals surface area contributed by atoms with Crippen molar-refractivity contribution in [2.75, 3.05) is 10.6 Å². The molecule has 1 heterocycles. The van der Waals surface area contributed by atoms with E-state index >= 15 is 0 Å². The summed E-state index contributed by atoms with van der Waals surface area (Å²) in [4.78, 5) is 8.77. The largest absolute Gasteiger partial charge is 0.573 e. The molecule has 1 aliphatic rings. The summed E-state index contributed by atoms with van der Waals surface area (Å²) in [6.07, 6.45) is -5.92. The number of nitrogens with zero attached hydrogens (tertiary/aromatic N) is 2. The lowest BCUT2D eigenvalue weighted by Crippen LogP contribution is -2.18. The molecule has 186 valence electrons. The average Bonchev–Trinajstić information content (AvgIpc) is 3.26. The molecule has 4 rings (SSSR count). The minimum absolute atomic E-state index is 0.00422. The van der Waals surface area contributed by atoms with Gasteiger partial charge < -0.3 is 20.1 Å². The third-order valence-electron chi connectivity index (χ3n) is 5.15. The first-order valence-electron chi connectivity index (χ1n) is 10.7. The van der Waals surface area contributed by atoms with Gasteiger partial charge in [-0.15, -0.1) is 26.3 Å². The molecule has 0 bridgehead atoms. The third kappa shape index (κ3) is 7.14. The molecule has 35 heavy (non-hydrogen) atoms. The van der Waals surface area contributed by atoms with Gasteiger partial charge in [-0.2, -0.15) is 4.98 Å². The molecule has 0 saturated heterocycles. The number of anilines is 3. The predicted octanol–water partition coefficient (Wildman–Crippen LogP) is 7.04. The van der Waals surface area contributed by atoms with Gasteiger partial charge in [-0.05, 0) is 37.1 Å². The maximum Gasteiger partial charge on any atom is 0.573 e. The maximum atomic E-state index is 12.8. The van der Waals surface area contributed by atoms with Crippen molar-refractivity contribution in [2.24, 2.45) is 0 Å². The number of nitrogens with one attached hydrogen (secondary N) is 2. The fourth-order valence-electron chi connectivity index (χ4n) is 3.75. The first-order valence-corrected chi connectivity index (χ1v) is 10.7. The fraction of sp³-hybridized carbons (Fsp3) is 0.304. The van der Waals surface area contributed by atoms with Crippen LogP contribution < -0.4 is 20.1 Å². The first-order chi connectivity index (χ1) is 16.5. The van der Waals surface area contributed by atoms with E-state index in [0.29, 0.717) is 5.56 Å². The number of ether oxygens (including phenoxy) is 2. The number of hydrogen-bond donors (Lipinski definition) is 2. The van der Waals surface area contributed by atoms with E-state index in [0.717, 1.165) is 37.8 Å². The monoisotopic (exact) mass is 498 g/mol. The number of rotatable bonds is 7. The van der Waals surface area contributed by atoms with Gasteiger partial charge in [0, 0.05) is 17.7 Å². The molecular weight excluding hydrogens is 478 g/mol. The summed E-state index contributed by atoms with van der Waals surface area (Å²) < 4.78 is 84.5. The molecule has 1 aromatic heterocycles. The molecule has 12 heteroatoms. The van der Waals surface area contributed by atoms with Crippen LogP contribution in [0.5, 0.6) is 11.5 Å². The molecule has 2 N–H and O–H groups in total. The molecule has 3 aromatic rings. The summed E-state index contributed by atoms with van der Waals surface area (Å²) in [7, 11) is 0. The number of halogens is 6. The van der Waals surface area contributed by atoms with Crippen molar-refractivity contribution in [3.8, 4) is 22.8 Å². The Hall–Kier alpha value is -3.70. The van der Waals surface area contributed by atoms with Crippen LogP contribution in [-0.4, -0.2) is 28.7 Å². The highest BCUT2D eigenvalue weighted by Crippen LogP contribution is 2.34. The summed E-state index contributed by atoms with van der Waals surface area (Å²) in [6, 6.07) is 12.2. The number of aromatic nitrogens is 2. The van der Waals surface area contributed by atoms with Crippen LogP contribution in [0.25, 0.3) is 11.3 Å². The summed E-state index contributed by atoms with van der Waals surface area (Å²) in [5, 5.41) is 5.99. The van der Waals surface area contributed by atoms with Crippen LogP contribution in [0.2, 0.25) is 0 Å². The average molecular weight is 498 g/mol. The van der Waals surface area contributed by atoms with Gasteiger partial charge in [-0.3, -0.25) is 0 Å². The predicted molar refractivity (Wildman–Crippen MR) is 116 cm³/mol. The molecule has 0 unspecified atom stereocenters. The van der Waals surface area contributed by atoms with Crippen molar-refractivity contribution in [3.05, 3.63) is 54.6 Å². The Kier molecular flexibility index (Phi) is 6.90. The number of para-hydroxylation sites is 2. The van der Waals surface area contributed by atoms with E-state index in [9.17, 15) is 26.3 Å². The van der Waals surface area contributed by atoms with Crippen LogP contribution in [0.4, 0.5) is 43.8 Å². The molecule has 2 aromatic carbocycles. The van der Waals surface area contributed by atoms with Crippen LogP contribution in [0.3, 0.4) is 0 Å². The van der Waals surface area contributed by atoms with Gasteiger partial charge in [0.2, 0.25) is 5.95 Å². The minimum atomic E-state index is -4.90. The highest BCUT2D eigenvalue weighted by molar-refractivity contribution is 5.70. The van der Waals surface area contributed by atoms with Crippen molar-refractivity contribution >= 4 is 17.5 Å². The maximum absolute atomic E-state index is 12.8. The van der Waals surface area contributed by atoms with Crippen LogP contribution in [0.1, 0.15) is 25.7 Å². The smallest absolute Gasteiger partial charge is 0.406 e. The number of hydrogen-bond acceptors (Lipinski definition) is 6. The zero-order chi connectivity index (χ0) is 25.1. The fourth-order valence-corrected chi connectivity index (χ4v) is 3.75. The Morgan fingerprint density at radius 3 is 2.23 bits per heavy atom. The van der Waals surface area contributed by atoms with E-state index < -0.39 is 24.2 Å². The Morgan fingerprint density at radius 2 is 1.51 bits per heavy atom. The minimum Gasteiger partial charge on any atom is -0.406 e. The number of benzene rings is 2. The summed E-state index contributed by atoms with van der Waals surface area (Å²) in [6.45, 7) is 0. The zero-order valence-electron chi connectivity index (χ0n) is 18.1. The molecule has 1 aliphatic carbocycles. The van der Waals surface area contributed by atoms with Gasteiger partial charge in [0.1, 0.15) is 11.6 Å². The second-order valence-corrected chi connectivity index (χ2v) is 7.83. The highest BCUT2D eigenvalue weighted by Gasteiger charge is 2.32. The quantitative estimate of drug-likeness (QED) is 0.341. The van der Waals surface area contributed by atoms with E-state index in [1.807, 2.05) is 0 Å². The Morgan fingerprint density at radius 1 is 0.800 bits per heavy atom. The topological polar surface area (TPSA) is 68.3 Å². The van der Waals surface area contributed by atoms with Crippen LogP contribution in [-0.2, 0) is 0 Å². The van der Waals surface area contributed by atoms with Gasteiger partial charge in [0.15, 0.2) is 5.75 Å². The van der Waals surface area contributed by atoms with Crippen molar-refractivity contribution in [2.45, 2.75) is 44.4 Å². The van der Waals surface area contributed by atoms with Gasteiger partial charge in [-0.1, -0.05) is 37.1 Å². The van der Waals surface area contributed by atoms with Crippen LogP contribution in [0, 0.1) is 0 Å². The lowest BCUT2D eigenvalue weighted by molar-refractivity contribution is -0.275. The zero-order valence-corrected chi connectivity index (χ0v) is 18.1. The van der Waals surface area contributed by atoms with E-state index in [2.05, 4.69) is 30.1 Å². The van der Waals surface area contributed by atoms with Gasteiger partial charge in [-0.25, -0.2) is 4.98 Å². The lowest BCUT2D eigenvalue weighted by atomic mass is 10.1. The molecule has 1 fully saturated rings. The SMILES string of the molecule is FC(F)(F)Oc1cccc(-c2cc(Nc3ccccc3OC(F)(F)F)nc(NC3CCCC3)n2)c1. The Labute approximate surface area is 196 Å². The normalized spacial score (nSPS) is 14.6. The molecule has 0 atom stereocenters. The Bertz CT molecular complexity index is 1160. The standard InChI is InChI=1S/C23H20F6N4O2/c24-22(25,26)34-16-9-5-6-14(12-16)18-13-20(33-21(32-18)30-15-7-1-2-8-15)31-17-10-3-4-11-19(17)35-23(27,28)29/h3-6,9-13,15H,1-2,7-8H2,(H2,30,31,32,33). The molecule has 0 aliphatic heterocycles. The van der Waals surface area contributed by atoms with E-state index in [1.54, 1.807) is 0 Å². The Balaban J connectivity index is 1.69. The second kappa shape index (κ2) is 9.88.